The quantitative estimate of drug-likeness (QED) is 0.859. The Kier molecular flexibility index (Phi) is 3.93. The van der Waals surface area contributed by atoms with E-state index < -0.39 is 17.9 Å². The Hall–Kier alpha value is -2.50. The van der Waals surface area contributed by atoms with E-state index in [4.69, 9.17) is 14.6 Å². The number of hydrogen-bond acceptors (Lipinski definition) is 4. The van der Waals surface area contributed by atoms with Gasteiger partial charge in [0.2, 0.25) is 0 Å². The molecule has 0 saturated carbocycles. The monoisotopic (exact) mass is 277 g/mol. The molecular formula is C14H15NO5. The van der Waals surface area contributed by atoms with Crippen molar-refractivity contribution in [3.05, 3.63) is 29.3 Å². The van der Waals surface area contributed by atoms with Crippen LogP contribution in [0.1, 0.15) is 12.5 Å². The first-order chi connectivity index (χ1) is 9.51. The van der Waals surface area contributed by atoms with E-state index >= 15 is 0 Å². The second-order valence-electron chi connectivity index (χ2n) is 4.40. The molecule has 0 aromatic heterocycles. The molecule has 1 heterocycles. The Morgan fingerprint density at radius 1 is 1.45 bits per heavy atom. The number of methoxy groups -OCH3 is 1. The molecule has 20 heavy (non-hydrogen) atoms. The van der Waals surface area contributed by atoms with Crippen LogP contribution in [0.15, 0.2) is 23.8 Å². The summed E-state index contributed by atoms with van der Waals surface area (Å²) in [5.74, 6) is -0.219. The Labute approximate surface area is 116 Å². The summed E-state index contributed by atoms with van der Waals surface area (Å²) in [4.78, 5) is 22.6. The second-order valence-corrected chi connectivity index (χ2v) is 4.40. The summed E-state index contributed by atoms with van der Waals surface area (Å²) in [6.07, 6.45) is 1.67. The minimum absolute atomic E-state index is 0.109. The summed E-state index contributed by atoms with van der Waals surface area (Å²) in [5, 5.41) is 11.2. The average Bonchev–Trinajstić information content (AvgIpc) is 2.45. The summed E-state index contributed by atoms with van der Waals surface area (Å²) in [6.45, 7) is 1.51. The van der Waals surface area contributed by atoms with Crippen LogP contribution in [0.5, 0.6) is 11.5 Å². The molecule has 106 valence electrons. The van der Waals surface area contributed by atoms with E-state index in [1.807, 2.05) is 0 Å². The molecule has 1 aliphatic heterocycles. The molecular weight excluding hydrogens is 262 g/mol. The molecule has 1 aromatic rings. The van der Waals surface area contributed by atoms with Crippen LogP contribution in [-0.4, -0.2) is 36.7 Å². The average molecular weight is 277 g/mol. The summed E-state index contributed by atoms with van der Waals surface area (Å²) >= 11 is 0. The smallest absolute Gasteiger partial charge is 0.325 e. The third kappa shape index (κ3) is 2.90. The van der Waals surface area contributed by atoms with E-state index in [1.165, 1.54) is 6.92 Å². The maximum absolute atomic E-state index is 11.9. The van der Waals surface area contributed by atoms with Crippen LogP contribution >= 0.6 is 0 Å². The Morgan fingerprint density at radius 2 is 2.20 bits per heavy atom. The van der Waals surface area contributed by atoms with Gasteiger partial charge < -0.3 is 19.9 Å². The van der Waals surface area contributed by atoms with E-state index in [1.54, 1.807) is 31.4 Å². The SMILES string of the molecule is COc1ccc2c(c1)C=C(C(=O)N[C@@H](C)C(=O)O)CO2. The number of carbonyl (C=O) groups is 2. The fourth-order valence-electron chi connectivity index (χ4n) is 1.76. The van der Waals surface area contributed by atoms with Crippen molar-refractivity contribution in [1.82, 2.24) is 5.32 Å². The van der Waals surface area contributed by atoms with Gasteiger partial charge in [0.05, 0.1) is 12.7 Å². The minimum Gasteiger partial charge on any atom is -0.497 e. The van der Waals surface area contributed by atoms with Gasteiger partial charge in [-0.25, -0.2) is 0 Å². The van der Waals surface area contributed by atoms with E-state index in [0.717, 1.165) is 5.56 Å². The molecule has 1 atom stereocenters. The molecule has 6 nitrogen and oxygen atoms in total. The Morgan fingerprint density at radius 3 is 2.85 bits per heavy atom. The molecule has 0 unspecified atom stereocenters. The predicted molar refractivity (Wildman–Crippen MR) is 71.7 cm³/mol. The van der Waals surface area contributed by atoms with Crippen LogP contribution in [-0.2, 0) is 9.59 Å². The van der Waals surface area contributed by atoms with E-state index in [0.29, 0.717) is 17.1 Å². The molecule has 0 spiro atoms. The summed E-state index contributed by atoms with van der Waals surface area (Å²) in [5.41, 5.74) is 1.10. The number of nitrogens with one attached hydrogen (secondary N) is 1. The normalized spacial score (nSPS) is 14.4. The predicted octanol–water partition coefficient (Wildman–Crippen LogP) is 1.06. The minimum atomic E-state index is -1.09. The molecule has 0 saturated heterocycles. The molecule has 6 heteroatoms. The number of hydrogen-bond donors (Lipinski definition) is 2. The zero-order chi connectivity index (χ0) is 14.7. The number of amides is 1. The van der Waals surface area contributed by atoms with Gasteiger partial charge in [0.15, 0.2) is 0 Å². The summed E-state index contributed by atoms with van der Waals surface area (Å²) < 4.78 is 10.6. The van der Waals surface area contributed by atoms with Crippen LogP contribution in [0.2, 0.25) is 0 Å². The van der Waals surface area contributed by atoms with Crippen LogP contribution in [0, 0.1) is 0 Å². The fourth-order valence-corrected chi connectivity index (χ4v) is 1.76. The molecule has 0 fully saturated rings. The number of fused-ring (bicyclic) bond motifs is 1. The maximum Gasteiger partial charge on any atom is 0.325 e. The number of rotatable bonds is 4. The number of carboxylic acid groups (broad SMARTS) is 1. The lowest BCUT2D eigenvalue weighted by Crippen LogP contribution is -2.40. The molecule has 0 radical (unpaired) electrons. The largest absolute Gasteiger partial charge is 0.497 e. The molecule has 1 aliphatic rings. The van der Waals surface area contributed by atoms with Gasteiger partial charge in [0.1, 0.15) is 24.1 Å². The Balaban J connectivity index is 2.19. The first kappa shape index (κ1) is 13.9. The lowest BCUT2D eigenvalue weighted by Gasteiger charge is -2.19. The highest BCUT2D eigenvalue weighted by Gasteiger charge is 2.21. The first-order valence-corrected chi connectivity index (χ1v) is 6.06. The van der Waals surface area contributed by atoms with Gasteiger partial charge in [-0.05, 0) is 31.2 Å². The summed E-state index contributed by atoms with van der Waals surface area (Å²) in [6, 6.07) is 4.33. The van der Waals surface area contributed by atoms with Crippen molar-refractivity contribution in [2.24, 2.45) is 0 Å². The van der Waals surface area contributed by atoms with Gasteiger partial charge in [0, 0.05) is 5.56 Å². The molecule has 1 amide bonds. The zero-order valence-electron chi connectivity index (χ0n) is 11.2. The highest BCUT2D eigenvalue weighted by molar-refractivity contribution is 6.00. The molecule has 0 bridgehead atoms. The van der Waals surface area contributed by atoms with Crippen molar-refractivity contribution in [3.8, 4) is 11.5 Å². The van der Waals surface area contributed by atoms with Crippen LogP contribution in [0.4, 0.5) is 0 Å². The van der Waals surface area contributed by atoms with Gasteiger partial charge in [-0.1, -0.05) is 0 Å². The third-order valence-electron chi connectivity index (χ3n) is 2.94. The summed E-state index contributed by atoms with van der Waals surface area (Å²) in [7, 11) is 1.55. The highest BCUT2D eigenvalue weighted by Crippen LogP contribution is 2.29. The lowest BCUT2D eigenvalue weighted by atomic mass is 10.1. The number of carbonyl (C=O) groups excluding carboxylic acids is 1. The molecule has 1 aromatic carbocycles. The van der Waals surface area contributed by atoms with Crippen molar-refractivity contribution >= 4 is 18.0 Å². The van der Waals surface area contributed by atoms with Crippen molar-refractivity contribution in [2.45, 2.75) is 13.0 Å². The molecule has 2 rings (SSSR count). The first-order valence-electron chi connectivity index (χ1n) is 6.06. The Bertz CT molecular complexity index is 579. The van der Waals surface area contributed by atoms with Gasteiger partial charge >= 0.3 is 5.97 Å². The van der Waals surface area contributed by atoms with Crippen molar-refractivity contribution in [3.63, 3.8) is 0 Å². The lowest BCUT2D eigenvalue weighted by molar-refractivity contribution is -0.140. The number of ether oxygens (including phenoxy) is 2. The third-order valence-corrected chi connectivity index (χ3v) is 2.94. The molecule has 0 aliphatic carbocycles. The van der Waals surface area contributed by atoms with E-state index in [9.17, 15) is 9.59 Å². The van der Waals surface area contributed by atoms with Crippen LogP contribution in [0.3, 0.4) is 0 Å². The standard InChI is InChI=1S/C14H15NO5/c1-8(14(17)18)15-13(16)10-5-9-6-11(19-2)3-4-12(9)20-7-10/h3-6,8H,7H2,1-2H3,(H,15,16)(H,17,18)/t8-/m0/s1. The van der Waals surface area contributed by atoms with Crippen LogP contribution in [0.25, 0.3) is 6.08 Å². The van der Waals surface area contributed by atoms with Crippen LogP contribution < -0.4 is 14.8 Å². The molecule has 2 N–H and O–H groups in total. The van der Waals surface area contributed by atoms with Gasteiger partial charge in [0.25, 0.3) is 5.91 Å². The highest BCUT2D eigenvalue weighted by atomic mass is 16.5. The maximum atomic E-state index is 11.9. The zero-order valence-corrected chi connectivity index (χ0v) is 11.2. The van der Waals surface area contributed by atoms with Gasteiger partial charge in [-0.3, -0.25) is 9.59 Å². The van der Waals surface area contributed by atoms with Crippen molar-refractivity contribution in [1.29, 1.82) is 0 Å². The topological polar surface area (TPSA) is 84.9 Å². The number of carboxylic acids is 1. The van der Waals surface area contributed by atoms with Crippen molar-refractivity contribution < 1.29 is 24.2 Å². The van der Waals surface area contributed by atoms with Crippen molar-refractivity contribution in [2.75, 3.05) is 13.7 Å². The fraction of sp³-hybridized carbons (Fsp3) is 0.286. The van der Waals surface area contributed by atoms with E-state index in [-0.39, 0.29) is 6.61 Å². The number of aliphatic carboxylic acids is 1. The van der Waals surface area contributed by atoms with Gasteiger partial charge in [-0.15, -0.1) is 0 Å². The second kappa shape index (κ2) is 5.64. The van der Waals surface area contributed by atoms with Gasteiger partial charge in [-0.2, -0.15) is 0 Å². The van der Waals surface area contributed by atoms with E-state index in [2.05, 4.69) is 5.32 Å². The number of benzene rings is 1.